The second kappa shape index (κ2) is 9.71. The van der Waals surface area contributed by atoms with Gasteiger partial charge in [-0.2, -0.15) is 0 Å². The zero-order valence-electron chi connectivity index (χ0n) is 14.5. The Balaban J connectivity index is 0.00000243. The third-order valence-electron chi connectivity index (χ3n) is 4.00. The van der Waals surface area contributed by atoms with Crippen molar-refractivity contribution in [2.24, 2.45) is 0 Å². The molecular weight excluding hydrogens is 372 g/mol. The molecular formula is C19H21ClN2O3S. The fraction of sp³-hybridized carbons (Fsp3) is 0.316. The highest BCUT2D eigenvalue weighted by atomic mass is 35.5. The Labute approximate surface area is 163 Å². The third kappa shape index (κ3) is 5.06. The van der Waals surface area contributed by atoms with Gasteiger partial charge in [0.2, 0.25) is 0 Å². The number of ether oxygens (including phenoxy) is 1. The van der Waals surface area contributed by atoms with Gasteiger partial charge in [0.15, 0.2) is 5.44 Å². The molecule has 1 aromatic carbocycles. The smallest absolute Gasteiger partial charge is 0.291 e. The largest absolute Gasteiger partial charge is 0.357 e. The maximum Gasteiger partial charge on any atom is 0.291 e. The highest BCUT2D eigenvalue weighted by Gasteiger charge is 2.40. The van der Waals surface area contributed by atoms with E-state index in [4.69, 9.17) is 4.74 Å². The number of amides is 2. The summed E-state index contributed by atoms with van der Waals surface area (Å²) in [6.07, 6.45) is 3.42. The molecule has 0 spiro atoms. The molecule has 0 aliphatic carbocycles. The van der Waals surface area contributed by atoms with Crippen LogP contribution in [0.2, 0.25) is 0 Å². The highest BCUT2D eigenvalue weighted by molar-refractivity contribution is 8.15. The summed E-state index contributed by atoms with van der Waals surface area (Å²) in [5, 5.41) is -0.260. The van der Waals surface area contributed by atoms with Crippen molar-refractivity contribution < 1.29 is 14.3 Å². The van der Waals surface area contributed by atoms with E-state index in [1.807, 2.05) is 48.7 Å². The number of halogens is 1. The highest BCUT2D eigenvalue weighted by Crippen LogP contribution is 2.29. The van der Waals surface area contributed by atoms with Gasteiger partial charge in [-0.25, -0.2) is 0 Å². The van der Waals surface area contributed by atoms with E-state index in [0.29, 0.717) is 13.0 Å². The normalized spacial score (nSPS) is 16.7. The zero-order valence-corrected chi connectivity index (χ0v) is 16.1. The SMILES string of the molecule is CCc1ccc(CCOC2SC(=O)N(Cc3ccccc3)C2=O)nc1.Cl. The molecule has 1 fully saturated rings. The first-order valence-electron chi connectivity index (χ1n) is 8.28. The van der Waals surface area contributed by atoms with Gasteiger partial charge in [0.1, 0.15) is 0 Å². The summed E-state index contributed by atoms with van der Waals surface area (Å²) in [4.78, 5) is 30.1. The van der Waals surface area contributed by atoms with Crippen molar-refractivity contribution >= 4 is 35.3 Å². The standard InChI is InChI=1S/C19H20N2O3S.ClH/c1-2-14-8-9-16(20-12-14)10-11-24-18-17(22)21(19(23)25-18)13-15-6-4-3-5-7-15;/h3-9,12,18H,2,10-11,13H2,1H3;1H. The Morgan fingerprint density at radius 2 is 1.88 bits per heavy atom. The number of aryl methyl sites for hydroxylation is 1. The molecule has 26 heavy (non-hydrogen) atoms. The topological polar surface area (TPSA) is 59.5 Å². The number of aromatic nitrogens is 1. The number of pyridine rings is 1. The van der Waals surface area contributed by atoms with Crippen molar-refractivity contribution in [2.45, 2.75) is 31.7 Å². The maximum atomic E-state index is 12.4. The first-order valence-corrected chi connectivity index (χ1v) is 9.16. The predicted octanol–water partition coefficient (Wildman–Crippen LogP) is 3.85. The molecule has 2 heterocycles. The van der Waals surface area contributed by atoms with Gasteiger partial charge in [-0.15, -0.1) is 12.4 Å². The Bertz CT molecular complexity index is 740. The fourth-order valence-corrected chi connectivity index (χ4v) is 3.38. The summed E-state index contributed by atoms with van der Waals surface area (Å²) in [5.41, 5.74) is 2.27. The van der Waals surface area contributed by atoms with Gasteiger partial charge in [0.05, 0.1) is 13.2 Å². The molecule has 0 bridgehead atoms. The van der Waals surface area contributed by atoms with Gasteiger partial charge in [-0.3, -0.25) is 19.5 Å². The van der Waals surface area contributed by atoms with E-state index < -0.39 is 5.44 Å². The lowest BCUT2D eigenvalue weighted by molar-refractivity contribution is -0.134. The molecule has 1 aromatic heterocycles. The number of imide groups is 1. The first kappa shape index (κ1) is 20.4. The molecule has 0 radical (unpaired) electrons. The van der Waals surface area contributed by atoms with E-state index in [1.54, 1.807) is 0 Å². The summed E-state index contributed by atoms with van der Waals surface area (Å²) in [7, 11) is 0. The minimum Gasteiger partial charge on any atom is -0.357 e. The molecule has 2 amide bonds. The predicted molar refractivity (Wildman–Crippen MR) is 104 cm³/mol. The van der Waals surface area contributed by atoms with Gasteiger partial charge in [0, 0.05) is 18.3 Å². The average Bonchev–Trinajstić information content (AvgIpc) is 2.91. The molecule has 1 atom stereocenters. The molecule has 3 rings (SSSR count). The van der Waals surface area contributed by atoms with Crippen LogP contribution in [0.25, 0.3) is 0 Å². The van der Waals surface area contributed by atoms with Crippen LogP contribution in [0.3, 0.4) is 0 Å². The van der Waals surface area contributed by atoms with Crippen LogP contribution in [0.1, 0.15) is 23.7 Å². The molecule has 5 nitrogen and oxygen atoms in total. The first-order chi connectivity index (χ1) is 12.2. The molecule has 1 saturated heterocycles. The molecule has 0 N–H and O–H groups in total. The van der Waals surface area contributed by atoms with Crippen LogP contribution < -0.4 is 0 Å². The third-order valence-corrected chi connectivity index (χ3v) is 4.97. The average molecular weight is 393 g/mol. The summed E-state index contributed by atoms with van der Waals surface area (Å²) in [6.45, 7) is 2.72. The molecule has 138 valence electrons. The van der Waals surface area contributed by atoms with Gasteiger partial charge in [-0.05, 0) is 35.4 Å². The Hall–Kier alpha value is -1.89. The second-order valence-electron chi connectivity index (χ2n) is 5.76. The second-order valence-corrected chi connectivity index (χ2v) is 6.77. The Morgan fingerprint density at radius 3 is 2.54 bits per heavy atom. The summed E-state index contributed by atoms with van der Waals surface area (Å²) >= 11 is 0.937. The number of carbonyl (C=O) groups is 2. The van der Waals surface area contributed by atoms with E-state index >= 15 is 0 Å². The van der Waals surface area contributed by atoms with Crippen molar-refractivity contribution in [3.63, 3.8) is 0 Å². The minimum absolute atomic E-state index is 0. The van der Waals surface area contributed by atoms with Crippen LogP contribution in [0, 0.1) is 0 Å². The van der Waals surface area contributed by atoms with Crippen LogP contribution in [-0.2, 0) is 28.9 Å². The van der Waals surface area contributed by atoms with Crippen molar-refractivity contribution in [3.05, 3.63) is 65.5 Å². The van der Waals surface area contributed by atoms with Gasteiger partial charge in [0.25, 0.3) is 11.1 Å². The van der Waals surface area contributed by atoms with Crippen molar-refractivity contribution in [2.75, 3.05) is 6.61 Å². The number of carbonyl (C=O) groups excluding carboxylic acids is 2. The van der Waals surface area contributed by atoms with E-state index in [2.05, 4.69) is 11.9 Å². The van der Waals surface area contributed by atoms with Crippen LogP contribution in [0.15, 0.2) is 48.7 Å². The van der Waals surface area contributed by atoms with E-state index in [-0.39, 0.29) is 30.1 Å². The fourth-order valence-electron chi connectivity index (χ4n) is 2.52. The lowest BCUT2D eigenvalue weighted by Gasteiger charge is -2.14. The Morgan fingerprint density at radius 1 is 1.12 bits per heavy atom. The number of benzene rings is 1. The van der Waals surface area contributed by atoms with E-state index in [9.17, 15) is 9.59 Å². The molecule has 1 aliphatic heterocycles. The number of rotatable bonds is 7. The monoisotopic (exact) mass is 392 g/mol. The molecule has 1 unspecified atom stereocenters. The van der Waals surface area contributed by atoms with Crippen LogP contribution in [0.4, 0.5) is 4.79 Å². The lowest BCUT2D eigenvalue weighted by Crippen LogP contribution is -2.32. The van der Waals surface area contributed by atoms with Crippen molar-refractivity contribution in [1.29, 1.82) is 0 Å². The molecule has 1 aliphatic rings. The maximum absolute atomic E-state index is 12.4. The van der Waals surface area contributed by atoms with E-state index in [1.165, 1.54) is 10.5 Å². The summed E-state index contributed by atoms with van der Waals surface area (Å²) in [5.74, 6) is -0.284. The summed E-state index contributed by atoms with van der Waals surface area (Å²) < 4.78 is 5.63. The number of nitrogens with zero attached hydrogens (tertiary/aromatic N) is 2. The number of thioether (sulfide) groups is 1. The molecule has 7 heteroatoms. The number of hydrogen-bond acceptors (Lipinski definition) is 5. The molecule has 0 saturated carbocycles. The van der Waals surface area contributed by atoms with Gasteiger partial charge in [-0.1, -0.05) is 43.3 Å². The lowest BCUT2D eigenvalue weighted by atomic mass is 10.2. The van der Waals surface area contributed by atoms with Crippen LogP contribution in [-0.4, -0.2) is 33.1 Å². The van der Waals surface area contributed by atoms with Crippen LogP contribution >= 0.6 is 24.2 Å². The van der Waals surface area contributed by atoms with Gasteiger partial charge >= 0.3 is 0 Å². The Kier molecular flexibility index (Phi) is 7.63. The summed E-state index contributed by atoms with van der Waals surface area (Å²) in [6, 6.07) is 13.5. The quantitative estimate of drug-likeness (QED) is 0.716. The van der Waals surface area contributed by atoms with Crippen molar-refractivity contribution in [3.8, 4) is 0 Å². The molecule has 2 aromatic rings. The zero-order chi connectivity index (χ0) is 17.6. The van der Waals surface area contributed by atoms with Crippen molar-refractivity contribution in [1.82, 2.24) is 9.88 Å². The van der Waals surface area contributed by atoms with Gasteiger partial charge < -0.3 is 4.74 Å². The number of hydrogen-bond donors (Lipinski definition) is 0. The van der Waals surface area contributed by atoms with E-state index in [0.717, 1.165) is 29.4 Å². The van der Waals surface area contributed by atoms with Crippen LogP contribution in [0.5, 0.6) is 0 Å². The minimum atomic E-state index is -0.758.